The molecule has 0 unspecified atom stereocenters. The minimum Gasteiger partial charge on any atom is -0.507 e. The summed E-state index contributed by atoms with van der Waals surface area (Å²) in [6.45, 7) is 12.8. The van der Waals surface area contributed by atoms with E-state index in [-0.39, 0.29) is 70.8 Å². The van der Waals surface area contributed by atoms with Crippen molar-refractivity contribution in [3.8, 4) is 11.5 Å². The van der Waals surface area contributed by atoms with Gasteiger partial charge in [-0.15, -0.1) is 0 Å². The van der Waals surface area contributed by atoms with E-state index >= 15 is 0 Å². The molecule has 0 bridgehead atoms. The van der Waals surface area contributed by atoms with Crippen LogP contribution in [0.25, 0.3) is 0 Å². The number of aryl methyl sites for hydroxylation is 3. The number of phenols is 1. The largest absolute Gasteiger partial charge is 0.507 e. The number of aromatic hydroxyl groups is 1. The van der Waals surface area contributed by atoms with Crippen LogP contribution >= 0.6 is 0 Å². The highest BCUT2D eigenvalue weighted by Gasteiger charge is 2.35. The Morgan fingerprint density at radius 2 is 0.408 bits per heavy atom. The molecule has 0 radical (unpaired) electrons. The molecule has 0 heterocycles. The first-order valence-electron chi connectivity index (χ1n) is 44.6. The van der Waals surface area contributed by atoms with Crippen molar-refractivity contribution in [2.45, 2.75) is 173 Å². The van der Waals surface area contributed by atoms with E-state index in [9.17, 15) is 5.11 Å². The van der Waals surface area contributed by atoms with Crippen LogP contribution in [-0.2, 0) is 70.8 Å². The number of rotatable bonds is 20. The SMILES string of the molecule is CC(C)(C)c1ccc([S+](c2ccccc2)c2ccccc2)cc1.COc1ccc([S+](c2ccccc2)c2ccccc2)cc1.Cc1cc([S+](c2ccccc2)c2ccccc2)cc(C)c1O.Cc1ccc([S+](c2ccccc2)c2ccccc2)cc1.c1ccc([S+](c2ccccc2)c2ccc(C3CCCCC3)cc2)cc1.c1ccc([S+](c2ccccc2)c2ccccc2)cc1. The number of hydrogen-bond donors (Lipinski definition) is 1. The monoisotopic (exact) mass is 1800 g/mol. The van der Waals surface area contributed by atoms with Gasteiger partial charge in [0.1, 0.15) is 11.5 Å². The van der Waals surface area contributed by atoms with E-state index in [0.717, 1.165) is 22.8 Å². The standard InChI is InChI=1S/C24H25S.C22H23S.C20H18OS.C19H17OS.C19H17S.C18H15S/c1-4-10-20(11-5-1)21-16-18-24(19-17-21)25(22-12-6-2-7-13-22)23-14-8-3-9-15-23;1-22(2,3)18-14-16-21(17-15-18)23(19-10-6-4-7-11-19)20-12-8-5-9-13-20;1-15-13-19(14-16(2)20(15)21)22(17-9-5-3-6-10-17)18-11-7-4-8-12-18;1-20-16-12-14-19(15-13-16)21(17-8-4-2-5-9-17)18-10-6-3-7-11-18;1-16-12-14-19(15-13-16)20(17-8-4-2-5-9-17)18-10-6-3-7-11-18;1-4-10-16(11-5-1)19(17-12-6-2-7-13-17)18-14-8-3-9-15-18/h2-3,6-9,12-20H,1,4-5,10-11H2;4-17H,1-3H3;3-14H,1-2H3;2-15H,1H3;2-15H,1H3;1-15H/q2*+1;;3*+1/p+1. The third-order valence-electron chi connectivity index (χ3n) is 22.1. The lowest BCUT2D eigenvalue weighted by Crippen LogP contribution is -2.11. The Bertz CT molecular complexity index is 5940. The molecule has 1 aliphatic carbocycles. The van der Waals surface area contributed by atoms with E-state index in [1.54, 1.807) is 7.11 Å². The average molecular weight is 1810 g/mol. The van der Waals surface area contributed by atoms with E-state index in [1.165, 1.54) is 137 Å². The smallest absolute Gasteiger partial charge is 0.167 e. The molecule has 1 N–H and O–H groups in total. The second-order valence-corrected chi connectivity index (χ2v) is 44.6. The Hall–Kier alpha value is -12.3. The van der Waals surface area contributed by atoms with Crippen molar-refractivity contribution in [2.24, 2.45) is 0 Å². The summed E-state index contributed by atoms with van der Waals surface area (Å²) in [5.74, 6) is 2.06. The van der Waals surface area contributed by atoms with E-state index in [4.69, 9.17) is 4.74 Å². The molecular weight excluding hydrogens is 1690 g/mol. The van der Waals surface area contributed by atoms with Crippen molar-refractivity contribution in [1.82, 2.24) is 0 Å². The van der Waals surface area contributed by atoms with Crippen LogP contribution in [0.5, 0.6) is 11.5 Å². The maximum Gasteiger partial charge on any atom is 0.167 e. The first kappa shape index (κ1) is 93.8. The van der Waals surface area contributed by atoms with Gasteiger partial charge >= 0.3 is 0 Å². The maximum absolute atomic E-state index is 10.1. The Labute approximate surface area is 791 Å². The van der Waals surface area contributed by atoms with Gasteiger partial charge in [-0.2, -0.15) is 0 Å². The van der Waals surface area contributed by atoms with Gasteiger partial charge in [-0.05, 0) is 286 Å². The summed E-state index contributed by atoms with van der Waals surface area (Å²) in [5.41, 5.74) is 6.27. The second-order valence-electron chi connectivity index (χ2n) is 32.5. The molecule has 1 saturated carbocycles. The third kappa shape index (κ3) is 26.5. The van der Waals surface area contributed by atoms with E-state index in [2.05, 4.69) is 507 Å². The molecule has 0 amide bonds. The molecule has 19 rings (SSSR count). The Morgan fingerprint density at radius 3 is 0.615 bits per heavy atom. The lowest BCUT2D eigenvalue weighted by atomic mass is 9.84. The number of hydrogen-bond acceptors (Lipinski definition) is 2. The summed E-state index contributed by atoms with van der Waals surface area (Å²) in [5, 5.41) is 10.1. The summed E-state index contributed by atoms with van der Waals surface area (Å²) in [6, 6.07) is 180. The van der Waals surface area contributed by atoms with Crippen LogP contribution in [0.1, 0.15) is 86.6 Å². The molecule has 2 nitrogen and oxygen atoms in total. The third-order valence-corrected chi connectivity index (χ3v) is 35.5. The maximum atomic E-state index is 10.1. The van der Waals surface area contributed by atoms with Gasteiger partial charge in [0.2, 0.25) is 0 Å². The number of benzene rings is 18. The summed E-state index contributed by atoms with van der Waals surface area (Å²) in [4.78, 5) is 24.2. The predicted octanol–water partition coefficient (Wildman–Crippen LogP) is 32.7. The van der Waals surface area contributed by atoms with Crippen molar-refractivity contribution in [2.75, 3.05) is 7.11 Å². The summed E-state index contributed by atoms with van der Waals surface area (Å²) in [6.07, 6.45) is 6.93. The van der Waals surface area contributed by atoms with Gasteiger partial charge in [0, 0.05) is 12.1 Å². The number of phenolic OH excluding ortho intramolecular Hbond substituents is 1. The minimum atomic E-state index is -0.155. The van der Waals surface area contributed by atoms with Crippen LogP contribution in [0.15, 0.2) is 592 Å². The number of ether oxygens (including phenoxy) is 1. The summed E-state index contributed by atoms with van der Waals surface area (Å²) < 4.78 is 5.26. The van der Waals surface area contributed by atoms with Crippen molar-refractivity contribution in [1.29, 1.82) is 0 Å². The molecule has 18 aromatic carbocycles. The number of methoxy groups -OCH3 is 1. The van der Waals surface area contributed by atoms with Gasteiger partial charge in [0.05, 0.1) is 72.5 Å². The Kier molecular flexibility index (Phi) is 35.3. The van der Waals surface area contributed by atoms with Crippen LogP contribution in [0.2, 0.25) is 0 Å². The minimum absolute atomic E-state index is 0.0146. The molecule has 646 valence electrons. The zero-order chi connectivity index (χ0) is 89.9. The molecule has 8 heteroatoms. The van der Waals surface area contributed by atoms with Crippen LogP contribution in [-0.4, -0.2) is 12.2 Å². The molecular formula is C122H116O2S6+6. The zero-order valence-electron chi connectivity index (χ0n) is 75.3. The van der Waals surface area contributed by atoms with Gasteiger partial charge in [-0.25, -0.2) is 0 Å². The normalized spacial score (nSPS) is 11.8. The summed E-state index contributed by atoms with van der Waals surface area (Å²) in [7, 11) is 1.35. The highest BCUT2D eigenvalue weighted by molar-refractivity contribution is 7.98. The van der Waals surface area contributed by atoms with Gasteiger partial charge in [0.15, 0.2) is 88.1 Å². The fourth-order valence-electron chi connectivity index (χ4n) is 15.5. The van der Waals surface area contributed by atoms with Crippen molar-refractivity contribution < 1.29 is 9.84 Å². The molecule has 1 aliphatic rings. The highest BCUT2D eigenvalue weighted by atomic mass is 32.2. The van der Waals surface area contributed by atoms with Crippen LogP contribution in [0.4, 0.5) is 0 Å². The van der Waals surface area contributed by atoms with E-state index < -0.39 is 0 Å². The molecule has 0 atom stereocenters. The average Bonchev–Trinajstić information content (AvgIpc) is 0.799. The fraction of sp³-hybridized carbons (Fsp3) is 0.115. The predicted molar refractivity (Wildman–Crippen MR) is 556 cm³/mol. The van der Waals surface area contributed by atoms with E-state index in [1.807, 2.05) is 38.1 Å². The van der Waals surface area contributed by atoms with Crippen LogP contribution in [0, 0.1) is 20.8 Å². The van der Waals surface area contributed by atoms with E-state index in [0.29, 0.717) is 5.75 Å². The molecule has 0 saturated heterocycles. The van der Waals surface area contributed by atoms with Crippen molar-refractivity contribution in [3.63, 3.8) is 0 Å². The lowest BCUT2D eigenvalue weighted by Gasteiger charge is -2.22. The quantitative estimate of drug-likeness (QED) is 0.0771. The van der Waals surface area contributed by atoms with Crippen LogP contribution in [0.3, 0.4) is 0 Å². The van der Waals surface area contributed by atoms with Gasteiger partial charge in [0.25, 0.3) is 0 Å². The van der Waals surface area contributed by atoms with Gasteiger partial charge in [-0.1, -0.05) is 319 Å². The van der Waals surface area contributed by atoms with Crippen molar-refractivity contribution >= 4 is 65.4 Å². The summed E-state index contributed by atoms with van der Waals surface area (Å²) >= 11 is 0. The molecule has 0 aromatic heterocycles. The topological polar surface area (TPSA) is 29.5 Å². The Balaban J connectivity index is 0.000000126. The molecule has 130 heavy (non-hydrogen) atoms. The van der Waals surface area contributed by atoms with Gasteiger partial charge in [-0.3, -0.25) is 0 Å². The molecule has 0 spiro atoms. The van der Waals surface area contributed by atoms with Crippen molar-refractivity contribution in [3.05, 3.63) is 531 Å². The highest BCUT2D eigenvalue weighted by Crippen LogP contribution is 2.41. The first-order valence-corrected chi connectivity index (χ1v) is 52.0. The van der Waals surface area contributed by atoms with Crippen LogP contribution < -0.4 is 4.74 Å². The van der Waals surface area contributed by atoms with Gasteiger partial charge < -0.3 is 9.84 Å². The fourth-order valence-corrected chi connectivity index (χ4v) is 28.2. The molecule has 1 fully saturated rings. The molecule has 18 aromatic rings. The zero-order valence-corrected chi connectivity index (χ0v) is 80.2. The first-order chi connectivity index (χ1) is 63.8. The molecule has 0 aliphatic heterocycles. The Morgan fingerprint density at radius 1 is 0.223 bits per heavy atom. The lowest BCUT2D eigenvalue weighted by molar-refractivity contribution is 0.414. The second kappa shape index (κ2) is 48.9.